The second kappa shape index (κ2) is 6.08. The van der Waals surface area contributed by atoms with Gasteiger partial charge in [-0.05, 0) is 60.3 Å². The van der Waals surface area contributed by atoms with E-state index in [4.69, 9.17) is 0 Å². The molecule has 7 heteroatoms. The second-order valence-corrected chi connectivity index (χ2v) is 6.39. The molecule has 22 heavy (non-hydrogen) atoms. The Morgan fingerprint density at radius 3 is 2.95 bits per heavy atom. The van der Waals surface area contributed by atoms with E-state index in [-0.39, 0.29) is 12.1 Å². The molecule has 1 aromatic heterocycles. The molecule has 1 atom stereocenters. The lowest BCUT2D eigenvalue weighted by Crippen LogP contribution is -2.36. The summed E-state index contributed by atoms with van der Waals surface area (Å²) in [4.78, 5) is 12.2. The van der Waals surface area contributed by atoms with E-state index in [1.165, 1.54) is 0 Å². The van der Waals surface area contributed by atoms with E-state index in [0.29, 0.717) is 0 Å². The van der Waals surface area contributed by atoms with E-state index in [1.807, 2.05) is 32.0 Å². The largest absolute Gasteiger partial charge is 0.328 e. The van der Waals surface area contributed by atoms with Crippen LogP contribution in [-0.2, 0) is 6.54 Å². The van der Waals surface area contributed by atoms with E-state index in [1.54, 1.807) is 0 Å². The first-order valence-corrected chi connectivity index (χ1v) is 8.07. The predicted octanol–water partition coefficient (Wildman–Crippen LogP) is 3.31. The topological polar surface area (TPSA) is 71.8 Å². The smallest absolute Gasteiger partial charge is 0.319 e. The van der Waals surface area contributed by atoms with Crippen LogP contribution in [0.5, 0.6) is 0 Å². The van der Waals surface area contributed by atoms with Gasteiger partial charge in [-0.15, -0.1) is 10.2 Å². The minimum Gasteiger partial charge on any atom is -0.328 e. The lowest BCUT2D eigenvalue weighted by atomic mass is 10.1. The summed E-state index contributed by atoms with van der Waals surface area (Å²) < 4.78 is 2.93. The molecular weight excluding hydrogens is 346 g/mol. The van der Waals surface area contributed by atoms with Crippen LogP contribution in [0.15, 0.2) is 22.7 Å². The number of hydrogen-bond acceptors (Lipinski definition) is 3. The van der Waals surface area contributed by atoms with Crippen LogP contribution in [0.3, 0.4) is 0 Å². The third-order valence-electron chi connectivity index (χ3n) is 3.83. The average molecular weight is 364 g/mol. The zero-order valence-corrected chi connectivity index (χ0v) is 14.1. The van der Waals surface area contributed by atoms with Gasteiger partial charge in [-0.25, -0.2) is 4.79 Å². The van der Waals surface area contributed by atoms with Crippen molar-refractivity contribution in [3.05, 3.63) is 39.9 Å². The average Bonchev–Trinajstić information content (AvgIpc) is 2.85. The highest BCUT2D eigenvalue weighted by atomic mass is 79.9. The molecule has 0 spiro atoms. The summed E-state index contributed by atoms with van der Waals surface area (Å²) in [5, 5.41) is 14.1. The number of urea groups is 1. The zero-order chi connectivity index (χ0) is 15.7. The summed E-state index contributed by atoms with van der Waals surface area (Å²) in [6, 6.07) is 5.48. The molecule has 2 heterocycles. The molecule has 0 radical (unpaired) electrons. The molecule has 0 saturated carbocycles. The maximum atomic E-state index is 12.2. The van der Waals surface area contributed by atoms with Gasteiger partial charge in [-0.1, -0.05) is 6.07 Å². The Kier molecular flexibility index (Phi) is 4.15. The van der Waals surface area contributed by atoms with Gasteiger partial charge < -0.3 is 15.2 Å². The van der Waals surface area contributed by atoms with Crippen molar-refractivity contribution in [2.45, 2.75) is 39.3 Å². The Labute approximate surface area is 137 Å². The van der Waals surface area contributed by atoms with Crippen molar-refractivity contribution < 1.29 is 4.79 Å². The predicted molar refractivity (Wildman–Crippen MR) is 87.8 cm³/mol. The van der Waals surface area contributed by atoms with E-state index in [0.717, 1.165) is 46.8 Å². The van der Waals surface area contributed by atoms with Gasteiger partial charge in [0.2, 0.25) is 0 Å². The molecule has 1 aliphatic rings. The summed E-state index contributed by atoms with van der Waals surface area (Å²) in [5.74, 6) is 1.73. The summed E-state index contributed by atoms with van der Waals surface area (Å²) in [5.41, 5.74) is 1.88. The molecule has 2 amide bonds. The molecule has 3 rings (SSSR count). The number of rotatable bonds is 2. The van der Waals surface area contributed by atoms with Crippen molar-refractivity contribution in [2.75, 3.05) is 5.32 Å². The number of carbonyl (C=O) groups excluding carboxylic acids is 1. The van der Waals surface area contributed by atoms with Crippen molar-refractivity contribution in [1.82, 2.24) is 20.1 Å². The van der Waals surface area contributed by atoms with Crippen molar-refractivity contribution in [3.63, 3.8) is 0 Å². The molecule has 2 aromatic rings. The number of halogens is 1. The molecule has 6 nitrogen and oxygen atoms in total. The zero-order valence-electron chi connectivity index (χ0n) is 12.6. The SMILES string of the molecule is Cc1ccc(NC(=O)N[C@H]2CCCn3c(C)nnc32)c(Br)c1. The molecule has 0 bridgehead atoms. The molecule has 0 aliphatic carbocycles. The number of aromatic nitrogens is 3. The van der Waals surface area contributed by atoms with Crippen molar-refractivity contribution in [1.29, 1.82) is 0 Å². The van der Waals surface area contributed by atoms with Crippen LogP contribution in [0, 0.1) is 13.8 Å². The fourth-order valence-corrected chi connectivity index (χ4v) is 3.28. The van der Waals surface area contributed by atoms with Crippen LogP contribution in [0.2, 0.25) is 0 Å². The van der Waals surface area contributed by atoms with Gasteiger partial charge in [0, 0.05) is 11.0 Å². The summed E-state index contributed by atoms with van der Waals surface area (Å²) >= 11 is 3.46. The van der Waals surface area contributed by atoms with Crippen molar-refractivity contribution in [3.8, 4) is 0 Å². The lowest BCUT2D eigenvalue weighted by Gasteiger charge is -2.24. The van der Waals surface area contributed by atoms with Gasteiger partial charge in [0.05, 0.1) is 11.7 Å². The number of nitrogens with zero attached hydrogens (tertiary/aromatic N) is 3. The van der Waals surface area contributed by atoms with Crippen LogP contribution < -0.4 is 10.6 Å². The standard InChI is InChI=1S/C15H18BrN5O/c1-9-5-6-12(11(16)8-9)17-15(22)18-13-4-3-7-21-10(2)19-20-14(13)21/h5-6,8,13H,3-4,7H2,1-2H3,(H2,17,18,22)/t13-/m0/s1. The van der Waals surface area contributed by atoms with Gasteiger partial charge in [0.15, 0.2) is 5.82 Å². The Morgan fingerprint density at radius 2 is 2.18 bits per heavy atom. The molecule has 0 unspecified atom stereocenters. The normalized spacial score (nSPS) is 17.0. The molecule has 0 saturated heterocycles. The monoisotopic (exact) mass is 363 g/mol. The Hall–Kier alpha value is -1.89. The maximum Gasteiger partial charge on any atom is 0.319 e. The van der Waals surface area contributed by atoms with Gasteiger partial charge >= 0.3 is 6.03 Å². The van der Waals surface area contributed by atoms with Crippen molar-refractivity contribution >= 4 is 27.6 Å². The summed E-state index contributed by atoms with van der Waals surface area (Å²) in [6.07, 6.45) is 1.88. The molecular formula is C15H18BrN5O. The Morgan fingerprint density at radius 1 is 1.36 bits per heavy atom. The first-order valence-electron chi connectivity index (χ1n) is 7.28. The number of nitrogens with one attached hydrogen (secondary N) is 2. The number of carbonyl (C=O) groups is 1. The summed E-state index contributed by atoms with van der Waals surface area (Å²) in [6.45, 7) is 4.85. The number of benzene rings is 1. The van der Waals surface area contributed by atoms with Gasteiger partial charge in [-0.2, -0.15) is 0 Å². The van der Waals surface area contributed by atoms with Crippen LogP contribution in [0.1, 0.15) is 36.1 Å². The minimum absolute atomic E-state index is 0.0980. The van der Waals surface area contributed by atoms with E-state index in [9.17, 15) is 4.79 Å². The van der Waals surface area contributed by atoms with Crippen LogP contribution in [0.25, 0.3) is 0 Å². The quantitative estimate of drug-likeness (QED) is 0.859. The van der Waals surface area contributed by atoms with Gasteiger partial charge in [0.1, 0.15) is 5.82 Å². The molecule has 2 N–H and O–H groups in total. The third-order valence-corrected chi connectivity index (χ3v) is 4.48. The highest BCUT2D eigenvalue weighted by Crippen LogP contribution is 2.26. The number of hydrogen-bond donors (Lipinski definition) is 2. The van der Waals surface area contributed by atoms with E-state index in [2.05, 4.69) is 41.3 Å². The molecule has 0 fully saturated rings. The number of aryl methyl sites for hydroxylation is 2. The van der Waals surface area contributed by atoms with E-state index < -0.39 is 0 Å². The molecule has 1 aliphatic heterocycles. The fraction of sp³-hybridized carbons (Fsp3) is 0.400. The number of fused-ring (bicyclic) bond motifs is 1. The first kappa shape index (κ1) is 15.0. The lowest BCUT2D eigenvalue weighted by molar-refractivity contribution is 0.244. The number of amides is 2. The van der Waals surface area contributed by atoms with E-state index >= 15 is 0 Å². The summed E-state index contributed by atoms with van der Waals surface area (Å²) in [7, 11) is 0. The van der Waals surface area contributed by atoms with Crippen LogP contribution in [-0.4, -0.2) is 20.8 Å². The first-order chi connectivity index (χ1) is 10.5. The Balaban J connectivity index is 1.70. The highest BCUT2D eigenvalue weighted by molar-refractivity contribution is 9.10. The number of anilines is 1. The second-order valence-electron chi connectivity index (χ2n) is 5.53. The fourth-order valence-electron chi connectivity index (χ4n) is 2.69. The van der Waals surface area contributed by atoms with Crippen LogP contribution in [0.4, 0.5) is 10.5 Å². The van der Waals surface area contributed by atoms with Crippen LogP contribution >= 0.6 is 15.9 Å². The Bertz CT molecular complexity index is 712. The third kappa shape index (κ3) is 2.99. The van der Waals surface area contributed by atoms with Gasteiger partial charge in [-0.3, -0.25) is 0 Å². The van der Waals surface area contributed by atoms with Crippen molar-refractivity contribution in [2.24, 2.45) is 0 Å². The molecule has 116 valence electrons. The highest BCUT2D eigenvalue weighted by Gasteiger charge is 2.25. The molecule has 1 aromatic carbocycles. The minimum atomic E-state index is -0.233. The maximum absolute atomic E-state index is 12.2. The van der Waals surface area contributed by atoms with Gasteiger partial charge in [0.25, 0.3) is 0 Å².